The van der Waals surface area contributed by atoms with Gasteiger partial charge in [0.2, 0.25) is 0 Å². The summed E-state index contributed by atoms with van der Waals surface area (Å²) >= 11 is 1.31. The molecule has 1 N–H and O–H groups in total. The summed E-state index contributed by atoms with van der Waals surface area (Å²) in [6.45, 7) is 0. The molecule has 0 unspecified atom stereocenters. The number of thiazole rings is 1. The zero-order valence-corrected chi connectivity index (χ0v) is 9.39. The molecular formula is C11H7N3O2S. The van der Waals surface area contributed by atoms with E-state index in [1.807, 2.05) is 24.4 Å². The second-order valence-electron chi connectivity index (χ2n) is 3.43. The van der Waals surface area contributed by atoms with Gasteiger partial charge >= 0.3 is 5.97 Å². The molecule has 0 aliphatic rings. The molecule has 17 heavy (non-hydrogen) atoms. The molecule has 3 aromatic rings. The molecule has 0 saturated heterocycles. The van der Waals surface area contributed by atoms with Crippen LogP contribution in [0.25, 0.3) is 16.1 Å². The van der Waals surface area contributed by atoms with Crippen molar-refractivity contribution in [1.82, 2.24) is 14.6 Å². The summed E-state index contributed by atoms with van der Waals surface area (Å²) in [4.78, 5) is 14.8. The molecule has 0 fully saturated rings. The number of aromatic nitrogens is 3. The number of aromatic carboxylic acids is 1. The van der Waals surface area contributed by atoms with E-state index in [-0.39, 0.29) is 5.69 Å². The average Bonchev–Trinajstić information content (AvgIpc) is 2.95. The number of rotatable bonds is 2. The fourth-order valence-corrected chi connectivity index (χ4v) is 2.41. The Morgan fingerprint density at radius 3 is 3.06 bits per heavy atom. The first-order chi connectivity index (χ1) is 8.25. The number of carboxylic acid groups (broad SMARTS) is 1. The van der Waals surface area contributed by atoms with Crippen molar-refractivity contribution in [2.45, 2.75) is 0 Å². The van der Waals surface area contributed by atoms with Crippen molar-refractivity contribution in [3.8, 4) is 10.6 Å². The number of hydrogen-bond donors (Lipinski definition) is 1. The Morgan fingerprint density at radius 1 is 1.41 bits per heavy atom. The van der Waals surface area contributed by atoms with Crippen molar-refractivity contribution in [1.29, 1.82) is 0 Å². The fraction of sp³-hybridized carbons (Fsp3) is 0. The van der Waals surface area contributed by atoms with Crippen LogP contribution in [-0.4, -0.2) is 25.7 Å². The normalized spacial score (nSPS) is 10.8. The Bertz CT molecular complexity index is 701. The van der Waals surface area contributed by atoms with E-state index in [4.69, 9.17) is 5.11 Å². The topological polar surface area (TPSA) is 67.5 Å². The van der Waals surface area contributed by atoms with Crippen molar-refractivity contribution in [2.24, 2.45) is 0 Å². The SMILES string of the molecule is O=C(O)c1csc(-c2cnn3ccccc23)n1. The summed E-state index contributed by atoms with van der Waals surface area (Å²) in [5.41, 5.74) is 1.84. The van der Waals surface area contributed by atoms with E-state index in [1.54, 1.807) is 10.7 Å². The van der Waals surface area contributed by atoms with Crippen LogP contribution < -0.4 is 0 Å². The molecule has 3 rings (SSSR count). The van der Waals surface area contributed by atoms with Crippen molar-refractivity contribution in [2.75, 3.05) is 0 Å². The maximum absolute atomic E-state index is 10.8. The molecule has 84 valence electrons. The smallest absolute Gasteiger partial charge is 0.355 e. The number of carboxylic acids is 1. The highest BCUT2D eigenvalue weighted by Crippen LogP contribution is 2.27. The lowest BCUT2D eigenvalue weighted by molar-refractivity contribution is 0.0691. The number of hydrogen-bond acceptors (Lipinski definition) is 4. The van der Waals surface area contributed by atoms with Gasteiger partial charge in [-0.15, -0.1) is 11.3 Å². The van der Waals surface area contributed by atoms with Gasteiger partial charge in [-0.05, 0) is 12.1 Å². The molecule has 0 aliphatic carbocycles. The minimum Gasteiger partial charge on any atom is -0.476 e. The van der Waals surface area contributed by atoms with E-state index < -0.39 is 5.97 Å². The summed E-state index contributed by atoms with van der Waals surface area (Å²) in [5.74, 6) is -1.01. The number of nitrogens with zero attached hydrogens (tertiary/aromatic N) is 3. The Kier molecular flexibility index (Phi) is 2.15. The molecule has 0 saturated carbocycles. The van der Waals surface area contributed by atoms with Gasteiger partial charge in [-0.1, -0.05) is 6.07 Å². The van der Waals surface area contributed by atoms with Crippen LogP contribution in [0.5, 0.6) is 0 Å². The quantitative estimate of drug-likeness (QED) is 0.751. The first-order valence-corrected chi connectivity index (χ1v) is 5.75. The van der Waals surface area contributed by atoms with Crippen LogP contribution in [0.15, 0.2) is 36.0 Å². The minimum absolute atomic E-state index is 0.0697. The number of fused-ring (bicyclic) bond motifs is 1. The molecular weight excluding hydrogens is 238 g/mol. The van der Waals surface area contributed by atoms with Gasteiger partial charge in [0.05, 0.1) is 17.3 Å². The van der Waals surface area contributed by atoms with Crippen LogP contribution in [-0.2, 0) is 0 Å². The maximum atomic E-state index is 10.8. The van der Waals surface area contributed by atoms with Crippen molar-refractivity contribution < 1.29 is 9.90 Å². The second kappa shape index (κ2) is 3.67. The van der Waals surface area contributed by atoms with Gasteiger partial charge in [0.1, 0.15) is 5.01 Å². The molecule has 0 aromatic carbocycles. The van der Waals surface area contributed by atoms with E-state index in [0.29, 0.717) is 5.01 Å². The third kappa shape index (κ3) is 1.58. The van der Waals surface area contributed by atoms with E-state index in [9.17, 15) is 4.79 Å². The Balaban J connectivity index is 2.17. The molecule has 0 amide bonds. The van der Waals surface area contributed by atoms with E-state index in [1.165, 1.54) is 16.7 Å². The van der Waals surface area contributed by atoms with Gasteiger partial charge in [0.25, 0.3) is 0 Å². The zero-order chi connectivity index (χ0) is 11.8. The summed E-state index contributed by atoms with van der Waals surface area (Å²) < 4.78 is 1.73. The highest BCUT2D eigenvalue weighted by molar-refractivity contribution is 7.13. The Labute approximate surface area is 100.0 Å². The van der Waals surface area contributed by atoms with Gasteiger partial charge in [-0.25, -0.2) is 14.3 Å². The van der Waals surface area contributed by atoms with Crippen LogP contribution in [0.2, 0.25) is 0 Å². The molecule has 0 spiro atoms. The van der Waals surface area contributed by atoms with Gasteiger partial charge < -0.3 is 5.11 Å². The lowest BCUT2D eigenvalue weighted by atomic mass is 10.3. The largest absolute Gasteiger partial charge is 0.476 e. The van der Waals surface area contributed by atoms with Crippen molar-refractivity contribution in [3.05, 3.63) is 41.7 Å². The van der Waals surface area contributed by atoms with Gasteiger partial charge in [-0.2, -0.15) is 5.10 Å². The lowest BCUT2D eigenvalue weighted by Crippen LogP contribution is -1.95. The predicted octanol–water partition coefficient (Wildman–Crippen LogP) is 2.16. The molecule has 3 heterocycles. The molecule has 6 heteroatoms. The minimum atomic E-state index is -1.01. The Hall–Kier alpha value is -2.21. The van der Waals surface area contributed by atoms with Gasteiger partial charge in [0, 0.05) is 11.6 Å². The van der Waals surface area contributed by atoms with Crippen LogP contribution >= 0.6 is 11.3 Å². The molecule has 0 atom stereocenters. The van der Waals surface area contributed by atoms with Crippen LogP contribution in [0.4, 0.5) is 0 Å². The standard InChI is InChI=1S/C11H7N3O2S/c15-11(16)8-6-17-10(13-8)7-5-12-14-4-2-1-3-9(7)14/h1-6H,(H,15,16). The number of pyridine rings is 1. The van der Waals surface area contributed by atoms with E-state index in [2.05, 4.69) is 10.1 Å². The molecule has 5 nitrogen and oxygen atoms in total. The van der Waals surface area contributed by atoms with Crippen LogP contribution in [0.3, 0.4) is 0 Å². The van der Waals surface area contributed by atoms with Crippen LogP contribution in [0, 0.1) is 0 Å². The number of carbonyl (C=O) groups is 1. The van der Waals surface area contributed by atoms with Crippen molar-refractivity contribution in [3.63, 3.8) is 0 Å². The average molecular weight is 245 g/mol. The third-order valence-electron chi connectivity index (χ3n) is 2.38. The first-order valence-electron chi connectivity index (χ1n) is 4.87. The highest BCUT2D eigenvalue weighted by atomic mass is 32.1. The summed E-state index contributed by atoms with van der Waals surface area (Å²) in [6.07, 6.45) is 3.53. The van der Waals surface area contributed by atoms with E-state index >= 15 is 0 Å². The van der Waals surface area contributed by atoms with Crippen molar-refractivity contribution >= 4 is 22.8 Å². The molecule has 0 aliphatic heterocycles. The summed E-state index contributed by atoms with van der Waals surface area (Å²) in [7, 11) is 0. The first kappa shape index (κ1) is 9.98. The molecule has 3 aromatic heterocycles. The lowest BCUT2D eigenvalue weighted by Gasteiger charge is -1.93. The summed E-state index contributed by atoms with van der Waals surface area (Å²) in [5, 5.41) is 15.2. The van der Waals surface area contributed by atoms with Gasteiger partial charge in [-0.3, -0.25) is 0 Å². The summed E-state index contributed by atoms with van der Waals surface area (Å²) in [6, 6.07) is 5.71. The maximum Gasteiger partial charge on any atom is 0.355 e. The molecule has 0 bridgehead atoms. The van der Waals surface area contributed by atoms with E-state index in [0.717, 1.165) is 11.1 Å². The predicted molar refractivity (Wildman–Crippen MR) is 63.3 cm³/mol. The fourth-order valence-electron chi connectivity index (χ4n) is 1.59. The Morgan fingerprint density at radius 2 is 2.29 bits per heavy atom. The highest BCUT2D eigenvalue weighted by Gasteiger charge is 2.13. The van der Waals surface area contributed by atoms with Crippen LogP contribution in [0.1, 0.15) is 10.5 Å². The van der Waals surface area contributed by atoms with Gasteiger partial charge in [0.15, 0.2) is 5.69 Å². The molecule has 0 radical (unpaired) electrons. The third-order valence-corrected chi connectivity index (χ3v) is 3.26. The monoisotopic (exact) mass is 245 g/mol. The zero-order valence-electron chi connectivity index (χ0n) is 8.57. The second-order valence-corrected chi connectivity index (χ2v) is 4.29.